The first-order valence-electron chi connectivity index (χ1n) is 7.51. The zero-order valence-electron chi connectivity index (χ0n) is 13.6. The number of hydrogen-bond acceptors (Lipinski definition) is 2. The number of hydrogen-bond donors (Lipinski definition) is 0. The third-order valence-electron chi connectivity index (χ3n) is 3.89. The van der Waals surface area contributed by atoms with E-state index in [1.54, 1.807) is 18.9 Å². The number of anilines is 1. The molecule has 0 spiro atoms. The summed E-state index contributed by atoms with van der Waals surface area (Å²) >= 11 is 0. The van der Waals surface area contributed by atoms with Crippen molar-refractivity contribution in [3.63, 3.8) is 0 Å². The summed E-state index contributed by atoms with van der Waals surface area (Å²) < 4.78 is 0. The largest absolute Gasteiger partial charge is 0.316 e. The second-order valence-electron chi connectivity index (χ2n) is 5.42. The van der Waals surface area contributed by atoms with Gasteiger partial charge in [-0.2, -0.15) is 0 Å². The lowest BCUT2D eigenvalue weighted by Crippen LogP contribution is -2.22. The Labute approximate surface area is 159 Å². The van der Waals surface area contributed by atoms with Gasteiger partial charge in [0.05, 0.1) is 5.52 Å². The summed E-state index contributed by atoms with van der Waals surface area (Å²) in [6, 6.07) is 18.0. The first-order chi connectivity index (χ1) is 11.1. The monoisotopic (exact) mass is 430 g/mol. The molecule has 4 heteroatoms. The van der Waals surface area contributed by atoms with E-state index in [4.69, 9.17) is 0 Å². The molecule has 0 radical (unpaired) electrons. The third-order valence-corrected chi connectivity index (χ3v) is 3.89. The minimum Gasteiger partial charge on any atom is -0.316 e. The van der Waals surface area contributed by atoms with E-state index in [1.165, 1.54) is 0 Å². The fourth-order valence-corrected chi connectivity index (χ4v) is 2.44. The standard InChI is InChI=1S/C20H18N2O.HI/c1-15(23)22(2)18-11-8-16(9-12-18)7-10-17-13-14-21-20-6-4-3-5-19(17)20;/h3-14H,1-2H3;1H. The number of amides is 1. The van der Waals surface area contributed by atoms with Crippen molar-refractivity contribution in [1.29, 1.82) is 0 Å². The molecule has 1 amide bonds. The van der Waals surface area contributed by atoms with Crippen molar-refractivity contribution in [1.82, 2.24) is 4.98 Å². The Morgan fingerprint density at radius 1 is 1.00 bits per heavy atom. The summed E-state index contributed by atoms with van der Waals surface area (Å²) in [6.45, 7) is 1.56. The molecule has 2 aromatic carbocycles. The average molecular weight is 430 g/mol. The fourth-order valence-electron chi connectivity index (χ4n) is 2.44. The minimum absolute atomic E-state index is 0. The predicted molar refractivity (Wildman–Crippen MR) is 112 cm³/mol. The summed E-state index contributed by atoms with van der Waals surface area (Å²) in [7, 11) is 1.77. The highest BCUT2D eigenvalue weighted by Gasteiger charge is 2.04. The Bertz CT molecular complexity index is 867. The number of carbonyl (C=O) groups is 1. The molecule has 3 nitrogen and oxygen atoms in total. The molecule has 3 aromatic rings. The number of rotatable bonds is 3. The quantitative estimate of drug-likeness (QED) is 0.548. The molecule has 122 valence electrons. The van der Waals surface area contributed by atoms with Gasteiger partial charge in [0.25, 0.3) is 0 Å². The molecule has 0 atom stereocenters. The number of halogens is 1. The molecule has 0 aliphatic rings. The molecule has 0 saturated heterocycles. The molecule has 0 saturated carbocycles. The van der Waals surface area contributed by atoms with Gasteiger partial charge < -0.3 is 4.90 Å². The number of nitrogens with zero attached hydrogens (tertiary/aromatic N) is 2. The molecule has 0 aliphatic heterocycles. The molecular weight excluding hydrogens is 411 g/mol. The van der Waals surface area contributed by atoms with E-state index in [1.807, 2.05) is 54.7 Å². The summed E-state index contributed by atoms with van der Waals surface area (Å²) in [4.78, 5) is 17.4. The van der Waals surface area contributed by atoms with Crippen molar-refractivity contribution in [2.75, 3.05) is 11.9 Å². The highest BCUT2D eigenvalue weighted by atomic mass is 127. The van der Waals surface area contributed by atoms with Crippen molar-refractivity contribution < 1.29 is 4.79 Å². The Hall–Kier alpha value is -2.21. The van der Waals surface area contributed by atoms with Crippen molar-refractivity contribution in [2.45, 2.75) is 6.92 Å². The molecule has 0 aliphatic carbocycles. The van der Waals surface area contributed by atoms with Crippen molar-refractivity contribution in [3.05, 3.63) is 71.9 Å². The molecule has 0 fully saturated rings. The van der Waals surface area contributed by atoms with E-state index in [-0.39, 0.29) is 29.9 Å². The van der Waals surface area contributed by atoms with Gasteiger partial charge in [-0.25, -0.2) is 0 Å². The Morgan fingerprint density at radius 3 is 2.42 bits per heavy atom. The van der Waals surface area contributed by atoms with E-state index >= 15 is 0 Å². The zero-order valence-corrected chi connectivity index (χ0v) is 16.0. The summed E-state index contributed by atoms with van der Waals surface area (Å²) in [5.74, 6) is 0.0246. The van der Waals surface area contributed by atoms with Crippen molar-refractivity contribution >= 4 is 58.6 Å². The van der Waals surface area contributed by atoms with Crippen molar-refractivity contribution in [2.24, 2.45) is 0 Å². The third kappa shape index (κ3) is 4.00. The smallest absolute Gasteiger partial charge is 0.223 e. The van der Waals surface area contributed by atoms with Gasteiger partial charge in [0.1, 0.15) is 0 Å². The van der Waals surface area contributed by atoms with Crippen LogP contribution in [-0.4, -0.2) is 17.9 Å². The molecule has 0 bridgehead atoms. The molecule has 24 heavy (non-hydrogen) atoms. The lowest BCUT2D eigenvalue weighted by molar-refractivity contribution is -0.116. The molecular formula is C20H19IN2O. The van der Waals surface area contributed by atoms with E-state index < -0.39 is 0 Å². The van der Waals surface area contributed by atoms with Crippen LogP contribution >= 0.6 is 24.0 Å². The highest BCUT2D eigenvalue weighted by molar-refractivity contribution is 14.0. The van der Waals surface area contributed by atoms with Gasteiger partial charge in [-0.3, -0.25) is 9.78 Å². The number of para-hydroxylation sites is 1. The van der Waals surface area contributed by atoms with E-state index in [2.05, 4.69) is 23.2 Å². The number of carbonyl (C=O) groups excluding carboxylic acids is 1. The number of aromatic nitrogens is 1. The number of pyridine rings is 1. The Balaban J connectivity index is 0.00000208. The average Bonchev–Trinajstić information content (AvgIpc) is 2.59. The van der Waals surface area contributed by atoms with E-state index in [0.29, 0.717) is 0 Å². The number of fused-ring (bicyclic) bond motifs is 1. The second-order valence-corrected chi connectivity index (χ2v) is 5.42. The Morgan fingerprint density at radius 2 is 1.71 bits per heavy atom. The topological polar surface area (TPSA) is 33.2 Å². The first kappa shape index (κ1) is 18.1. The number of benzene rings is 2. The molecule has 0 N–H and O–H groups in total. The predicted octanol–water partition coefficient (Wildman–Crippen LogP) is 5.01. The van der Waals surface area contributed by atoms with Crippen molar-refractivity contribution in [3.8, 4) is 0 Å². The van der Waals surface area contributed by atoms with Gasteiger partial charge in [0.2, 0.25) is 5.91 Å². The zero-order chi connectivity index (χ0) is 16.2. The van der Waals surface area contributed by atoms with Crippen LogP contribution in [-0.2, 0) is 4.79 Å². The van der Waals surface area contributed by atoms with E-state index in [0.717, 1.165) is 27.7 Å². The maximum atomic E-state index is 11.4. The summed E-state index contributed by atoms with van der Waals surface area (Å²) in [5.41, 5.74) is 4.12. The fraction of sp³-hybridized carbons (Fsp3) is 0.100. The van der Waals surface area contributed by atoms with Gasteiger partial charge in [-0.05, 0) is 35.4 Å². The van der Waals surface area contributed by atoms with Crippen LogP contribution in [0.3, 0.4) is 0 Å². The maximum Gasteiger partial charge on any atom is 0.223 e. The van der Waals surface area contributed by atoms with Gasteiger partial charge >= 0.3 is 0 Å². The van der Waals surface area contributed by atoms with Gasteiger partial charge in [0, 0.05) is 31.2 Å². The van der Waals surface area contributed by atoms with E-state index in [9.17, 15) is 4.79 Å². The highest BCUT2D eigenvalue weighted by Crippen LogP contribution is 2.20. The maximum absolute atomic E-state index is 11.4. The SMILES string of the molecule is CC(=O)N(C)c1ccc(C=Cc2ccnc3ccccc23)cc1.I. The molecule has 1 aromatic heterocycles. The molecule has 1 heterocycles. The van der Waals surface area contributed by atoms with Gasteiger partial charge in [0.15, 0.2) is 0 Å². The summed E-state index contributed by atoms with van der Waals surface area (Å²) in [5, 5.41) is 1.14. The van der Waals surface area contributed by atoms with Crippen LogP contribution in [0.15, 0.2) is 60.8 Å². The summed E-state index contributed by atoms with van der Waals surface area (Å²) in [6.07, 6.45) is 5.99. The van der Waals surface area contributed by atoms with Gasteiger partial charge in [-0.1, -0.05) is 42.5 Å². The van der Waals surface area contributed by atoms with Crippen LogP contribution in [0.2, 0.25) is 0 Å². The first-order valence-corrected chi connectivity index (χ1v) is 7.51. The molecule has 0 unspecified atom stereocenters. The lowest BCUT2D eigenvalue weighted by atomic mass is 10.1. The van der Waals surface area contributed by atoms with Crippen LogP contribution in [0.5, 0.6) is 0 Å². The van der Waals surface area contributed by atoms with Crippen LogP contribution in [0, 0.1) is 0 Å². The molecule has 3 rings (SSSR count). The minimum atomic E-state index is 0. The lowest BCUT2D eigenvalue weighted by Gasteiger charge is -2.14. The van der Waals surface area contributed by atoms with Crippen LogP contribution < -0.4 is 4.90 Å². The van der Waals surface area contributed by atoms with Crippen LogP contribution in [0.25, 0.3) is 23.1 Å². The Kier molecular flexibility index (Phi) is 6.09. The normalized spacial score (nSPS) is 10.6. The van der Waals surface area contributed by atoms with Gasteiger partial charge in [-0.15, -0.1) is 24.0 Å². The van der Waals surface area contributed by atoms with Crippen LogP contribution in [0.1, 0.15) is 18.1 Å². The van der Waals surface area contributed by atoms with Crippen LogP contribution in [0.4, 0.5) is 5.69 Å². The second kappa shape index (κ2) is 8.06.